The number of fused-ring (bicyclic) bond motifs is 1. The number of nitrogens with zero attached hydrogens (tertiary/aromatic N) is 2. The van der Waals surface area contributed by atoms with Crippen LogP contribution in [0.25, 0.3) is 11.0 Å². The van der Waals surface area contributed by atoms with Crippen molar-refractivity contribution in [3.05, 3.63) is 28.5 Å². The predicted molar refractivity (Wildman–Crippen MR) is 64.7 cm³/mol. The van der Waals surface area contributed by atoms with Crippen molar-refractivity contribution in [1.82, 2.24) is 9.55 Å². The van der Waals surface area contributed by atoms with Crippen LogP contribution in [-0.4, -0.2) is 9.55 Å². The summed E-state index contributed by atoms with van der Waals surface area (Å²) in [6.45, 7) is 6.36. The monoisotopic (exact) mass is 242 g/mol. The summed E-state index contributed by atoms with van der Waals surface area (Å²) in [6, 6.07) is 3.65. The van der Waals surface area contributed by atoms with E-state index in [1.54, 1.807) is 6.07 Å². The van der Waals surface area contributed by atoms with E-state index in [0.717, 1.165) is 11.0 Å². The molecule has 80 valence electrons. The third-order valence-electron chi connectivity index (χ3n) is 2.31. The molecule has 0 bridgehead atoms. The lowest BCUT2D eigenvalue weighted by atomic mass is 10.1. The summed E-state index contributed by atoms with van der Waals surface area (Å²) in [5, 5.41) is 1.11. The summed E-state index contributed by atoms with van der Waals surface area (Å²) in [7, 11) is 0. The fraction of sp³-hybridized carbons (Fsp3) is 0.364. The van der Waals surface area contributed by atoms with Gasteiger partial charge in [-0.2, -0.15) is 0 Å². The molecule has 0 N–H and O–H groups in total. The topological polar surface area (TPSA) is 17.8 Å². The fourth-order valence-electron chi connectivity index (χ4n) is 1.54. The number of aromatic nitrogens is 2. The molecule has 4 heteroatoms. The Morgan fingerprint density at radius 3 is 2.33 bits per heavy atom. The van der Waals surface area contributed by atoms with Crippen molar-refractivity contribution in [3.8, 4) is 0 Å². The average Bonchev–Trinajstić information content (AvgIpc) is 2.47. The first-order valence-corrected chi connectivity index (χ1v) is 5.48. The molecule has 0 saturated carbocycles. The summed E-state index contributed by atoms with van der Waals surface area (Å²) < 4.78 is 2.09. The van der Waals surface area contributed by atoms with Crippen LogP contribution in [0.5, 0.6) is 0 Å². The molecule has 0 aliphatic carbocycles. The summed E-state index contributed by atoms with van der Waals surface area (Å²) in [6.07, 6.45) is 1.82. The van der Waals surface area contributed by atoms with Gasteiger partial charge in [-0.3, -0.25) is 0 Å². The summed E-state index contributed by atoms with van der Waals surface area (Å²) in [4.78, 5) is 4.31. The maximum absolute atomic E-state index is 5.99. The van der Waals surface area contributed by atoms with Crippen LogP contribution < -0.4 is 0 Å². The minimum absolute atomic E-state index is 0.00803. The Kier molecular flexibility index (Phi) is 2.44. The Labute approximate surface area is 98.8 Å². The number of hydrogen-bond acceptors (Lipinski definition) is 1. The van der Waals surface area contributed by atoms with E-state index in [9.17, 15) is 0 Å². The lowest BCUT2D eigenvalue weighted by molar-refractivity contribution is 0.408. The van der Waals surface area contributed by atoms with Gasteiger partial charge in [0, 0.05) is 5.54 Å². The summed E-state index contributed by atoms with van der Waals surface area (Å²) in [5.41, 5.74) is 1.88. The minimum atomic E-state index is -0.00803. The molecule has 2 aromatic rings. The third kappa shape index (κ3) is 1.84. The zero-order chi connectivity index (χ0) is 11.2. The second-order valence-electron chi connectivity index (χ2n) is 4.54. The molecule has 0 amide bonds. The van der Waals surface area contributed by atoms with Crippen LogP contribution in [0.3, 0.4) is 0 Å². The van der Waals surface area contributed by atoms with Crippen molar-refractivity contribution >= 4 is 34.2 Å². The van der Waals surface area contributed by atoms with Crippen LogP contribution in [-0.2, 0) is 5.54 Å². The predicted octanol–water partition coefficient (Wildman–Crippen LogP) is 4.10. The maximum Gasteiger partial charge on any atom is 0.0963 e. The Morgan fingerprint density at radius 1 is 1.13 bits per heavy atom. The second-order valence-corrected chi connectivity index (χ2v) is 5.35. The van der Waals surface area contributed by atoms with E-state index >= 15 is 0 Å². The van der Waals surface area contributed by atoms with Gasteiger partial charge < -0.3 is 4.57 Å². The van der Waals surface area contributed by atoms with E-state index < -0.39 is 0 Å². The molecule has 0 saturated heterocycles. The van der Waals surface area contributed by atoms with Crippen LogP contribution in [0.15, 0.2) is 18.5 Å². The smallest absolute Gasteiger partial charge is 0.0963 e. The van der Waals surface area contributed by atoms with Gasteiger partial charge in [0.1, 0.15) is 0 Å². The third-order valence-corrected chi connectivity index (χ3v) is 3.03. The molecular weight excluding hydrogens is 231 g/mol. The van der Waals surface area contributed by atoms with Gasteiger partial charge in [0.25, 0.3) is 0 Å². The first-order valence-electron chi connectivity index (χ1n) is 4.72. The largest absolute Gasteiger partial charge is 0.325 e. The van der Waals surface area contributed by atoms with Gasteiger partial charge >= 0.3 is 0 Å². The average molecular weight is 243 g/mol. The van der Waals surface area contributed by atoms with Gasteiger partial charge in [-0.05, 0) is 32.9 Å². The lowest BCUT2D eigenvalue weighted by Gasteiger charge is -2.21. The number of rotatable bonds is 0. The number of benzene rings is 1. The zero-order valence-electron chi connectivity index (χ0n) is 8.88. The Bertz CT molecular complexity index is 509. The highest BCUT2D eigenvalue weighted by molar-refractivity contribution is 6.42. The van der Waals surface area contributed by atoms with Gasteiger partial charge in [0.15, 0.2) is 0 Å². The van der Waals surface area contributed by atoms with E-state index in [1.807, 2.05) is 12.4 Å². The number of halogens is 2. The quantitative estimate of drug-likeness (QED) is 0.681. The van der Waals surface area contributed by atoms with E-state index in [0.29, 0.717) is 10.0 Å². The normalized spacial score (nSPS) is 12.3. The maximum atomic E-state index is 5.99. The van der Waals surface area contributed by atoms with Gasteiger partial charge in [0.2, 0.25) is 0 Å². The summed E-state index contributed by atoms with van der Waals surface area (Å²) in [5.74, 6) is 0. The van der Waals surface area contributed by atoms with Crippen LogP contribution in [0.4, 0.5) is 0 Å². The Balaban J connectivity index is 2.75. The number of imidazole rings is 1. The molecular formula is C11H12Cl2N2. The molecule has 0 unspecified atom stereocenters. The molecule has 2 nitrogen and oxygen atoms in total. The molecule has 0 aliphatic heterocycles. The van der Waals surface area contributed by atoms with Crippen molar-refractivity contribution in [3.63, 3.8) is 0 Å². The van der Waals surface area contributed by atoms with Gasteiger partial charge in [-0.1, -0.05) is 23.2 Å². The standard InChI is InChI=1S/C11H12Cl2N2/c1-11(2,3)15-6-14-9-4-7(12)8(13)5-10(9)15/h4-6H,1-3H3. The molecule has 0 fully saturated rings. The van der Waals surface area contributed by atoms with Crippen LogP contribution in [0.1, 0.15) is 20.8 Å². The SMILES string of the molecule is CC(C)(C)n1cnc2cc(Cl)c(Cl)cc21. The van der Waals surface area contributed by atoms with Crippen LogP contribution in [0.2, 0.25) is 10.0 Å². The van der Waals surface area contributed by atoms with Crippen LogP contribution in [0, 0.1) is 0 Å². The molecule has 0 aliphatic rings. The van der Waals surface area contributed by atoms with E-state index in [1.165, 1.54) is 0 Å². The molecule has 15 heavy (non-hydrogen) atoms. The highest BCUT2D eigenvalue weighted by atomic mass is 35.5. The van der Waals surface area contributed by atoms with Gasteiger partial charge in [0.05, 0.1) is 27.4 Å². The highest BCUT2D eigenvalue weighted by Crippen LogP contribution is 2.29. The molecule has 1 heterocycles. The molecule has 0 spiro atoms. The van der Waals surface area contributed by atoms with E-state index in [-0.39, 0.29) is 5.54 Å². The second kappa shape index (κ2) is 3.39. The van der Waals surface area contributed by atoms with Crippen molar-refractivity contribution in [2.24, 2.45) is 0 Å². The van der Waals surface area contributed by atoms with Gasteiger partial charge in [-0.25, -0.2) is 4.98 Å². The molecule has 2 rings (SSSR count). The first-order chi connectivity index (χ1) is 6.89. The fourth-order valence-corrected chi connectivity index (χ4v) is 1.85. The zero-order valence-corrected chi connectivity index (χ0v) is 10.4. The van der Waals surface area contributed by atoms with E-state index in [2.05, 4.69) is 30.3 Å². The lowest BCUT2D eigenvalue weighted by Crippen LogP contribution is -2.20. The highest BCUT2D eigenvalue weighted by Gasteiger charge is 2.16. The van der Waals surface area contributed by atoms with E-state index in [4.69, 9.17) is 23.2 Å². The van der Waals surface area contributed by atoms with Gasteiger partial charge in [-0.15, -0.1) is 0 Å². The van der Waals surface area contributed by atoms with Crippen molar-refractivity contribution < 1.29 is 0 Å². The number of hydrogen-bond donors (Lipinski definition) is 0. The first kappa shape index (κ1) is 10.8. The Hall–Kier alpha value is -0.730. The minimum Gasteiger partial charge on any atom is -0.325 e. The molecule has 0 radical (unpaired) electrons. The van der Waals surface area contributed by atoms with Crippen molar-refractivity contribution in [2.75, 3.05) is 0 Å². The van der Waals surface area contributed by atoms with Crippen molar-refractivity contribution in [2.45, 2.75) is 26.3 Å². The molecule has 1 aromatic heterocycles. The molecule has 0 atom stereocenters. The van der Waals surface area contributed by atoms with Crippen molar-refractivity contribution in [1.29, 1.82) is 0 Å². The molecule has 1 aromatic carbocycles. The summed E-state index contributed by atoms with van der Waals surface area (Å²) >= 11 is 11.9. The van der Waals surface area contributed by atoms with Crippen LogP contribution >= 0.6 is 23.2 Å². The Morgan fingerprint density at radius 2 is 1.73 bits per heavy atom.